The summed E-state index contributed by atoms with van der Waals surface area (Å²) in [6, 6.07) is 14.0. The van der Waals surface area contributed by atoms with Crippen molar-refractivity contribution in [2.24, 2.45) is 0 Å². The summed E-state index contributed by atoms with van der Waals surface area (Å²) < 4.78 is 23.4. The number of nitrogens with one attached hydrogen (secondary N) is 1. The maximum atomic E-state index is 12.9. The molecule has 140 valence electrons. The molecule has 1 amide bonds. The molecule has 2 aromatic carbocycles. The Hall–Kier alpha value is -3.40. The zero-order valence-corrected chi connectivity index (χ0v) is 14.9. The van der Waals surface area contributed by atoms with Crippen molar-refractivity contribution >= 4 is 11.9 Å². The SMILES string of the molecule is C[C@H](OC(=O)[C@H](C)Oc1ccc(C#N)cc1)C(=O)NCc1ccc(F)cc1. The van der Waals surface area contributed by atoms with E-state index in [1.807, 2.05) is 6.07 Å². The van der Waals surface area contributed by atoms with E-state index < -0.39 is 24.1 Å². The predicted octanol–water partition coefficient (Wildman–Crippen LogP) is 2.71. The second-order valence-electron chi connectivity index (χ2n) is 5.82. The third-order valence-electron chi connectivity index (χ3n) is 3.67. The highest BCUT2D eigenvalue weighted by Gasteiger charge is 2.23. The van der Waals surface area contributed by atoms with E-state index in [4.69, 9.17) is 14.7 Å². The number of carbonyl (C=O) groups is 2. The second-order valence-corrected chi connectivity index (χ2v) is 5.82. The van der Waals surface area contributed by atoms with Crippen molar-refractivity contribution in [2.45, 2.75) is 32.6 Å². The van der Waals surface area contributed by atoms with Crippen LogP contribution in [0.15, 0.2) is 48.5 Å². The Labute approximate surface area is 156 Å². The molecule has 0 aliphatic heterocycles. The minimum absolute atomic E-state index is 0.193. The van der Waals surface area contributed by atoms with E-state index in [1.165, 1.54) is 26.0 Å². The number of carbonyl (C=O) groups excluding carboxylic acids is 2. The van der Waals surface area contributed by atoms with Gasteiger partial charge < -0.3 is 14.8 Å². The van der Waals surface area contributed by atoms with E-state index in [-0.39, 0.29) is 12.4 Å². The highest BCUT2D eigenvalue weighted by atomic mass is 19.1. The Bertz CT molecular complexity index is 829. The monoisotopic (exact) mass is 370 g/mol. The smallest absolute Gasteiger partial charge is 0.347 e. The standard InChI is InChI=1S/C20H19FN2O4/c1-13(19(24)23-12-16-3-7-17(21)8-4-16)27-20(25)14(2)26-18-9-5-15(11-22)6-10-18/h3-10,13-14H,12H2,1-2H3,(H,23,24)/t13-,14-/m0/s1. The van der Waals surface area contributed by atoms with Crippen molar-refractivity contribution in [3.05, 3.63) is 65.5 Å². The van der Waals surface area contributed by atoms with Gasteiger partial charge in [-0.25, -0.2) is 9.18 Å². The van der Waals surface area contributed by atoms with Crippen molar-refractivity contribution in [3.63, 3.8) is 0 Å². The maximum absolute atomic E-state index is 12.9. The van der Waals surface area contributed by atoms with Crippen LogP contribution < -0.4 is 10.1 Å². The lowest BCUT2D eigenvalue weighted by Gasteiger charge is -2.18. The highest BCUT2D eigenvalue weighted by Crippen LogP contribution is 2.14. The average Bonchev–Trinajstić information content (AvgIpc) is 2.67. The lowest BCUT2D eigenvalue weighted by Crippen LogP contribution is -2.38. The molecule has 0 bridgehead atoms. The molecule has 0 saturated carbocycles. The summed E-state index contributed by atoms with van der Waals surface area (Å²) in [6.07, 6.45) is -1.93. The molecule has 0 heterocycles. The largest absolute Gasteiger partial charge is 0.479 e. The number of benzene rings is 2. The molecule has 0 aliphatic rings. The summed E-state index contributed by atoms with van der Waals surface area (Å²) in [5.41, 5.74) is 1.20. The predicted molar refractivity (Wildman–Crippen MR) is 95.0 cm³/mol. The maximum Gasteiger partial charge on any atom is 0.347 e. The fourth-order valence-electron chi connectivity index (χ4n) is 2.12. The molecule has 0 unspecified atom stereocenters. The zero-order chi connectivity index (χ0) is 19.8. The minimum atomic E-state index is -1.01. The van der Waals surface area contributed by atoms with Gasteiger partial charge in [-0.15, -0.1) is 0 Å². The molecule has 0 spiro atoms. The zero-order valence-electron chi connectivity index (χ0n) is 14.9. The van der Waals surface area contributed by atoms with Crippen LogP contribution in [0.2, 0.25) is 0 Å². The molecule has 0 saturated heterocycles. The first-order valence-corrected chi connectivity index (χ1v) is 8.28. The first-order chi connectivity index (χ1) is 12.9. The van der Waals surface area contributed by atoms with Crippen LogP contribution in [0.3, 0.4) is 0 Å². The summed E-state index contributed by atoms with van der Waals surface area (Å²) >= 11 is 0. The summed E-state index contributed by atoms with van der Waals surface area (Å²) in [6.45, 7) is 3.15. The van der Waals surface area contributed by atoms with Crippen molar-refractivity contribution < 1.29 is 23.5 Å². The number of hydrogen-bond acceptors (Lipinski definition) is 5. The van der Waals surface area contributed by atoms with E-state index in [0.717, 1.165) is 5.56 Å². The van der Waals surface area contributed by atoms with Crippen molar-refractivity contribution in [2.75, 3.05) is 0 Å². The molecule has 2 aromatic rings. The summed E-state index contributed by atoms with van der Waals surface area (Å²) in [7, 11) is 0. The Morgan fingerprint density at radius 2 is 1.70 bits per heavy atom. The highest BCUT2D eigenvalue weighted by molar-refractivity contribution is 5.84. The number of hydrogen-bond donors (Lipinski definition) is 1. The Balaban J connectivity index is 1.81. The first kappa shape index (κ1) is 19.9. The molecule has 2 rings (SSSR count). The average molecular weight is 370 g/mol. The van der Waals surface area contributed by atoms with E-state index in [1.54, 1.807) is 36.4 Å². The molecule has 0 fully saturated rings. The summed E-state index contributed by atoms with van der Waals surface area (Å²) in [5.74, 6) is -1.11. The van der Waals surface area contributed by atoms with Crippen LogP contribution in [-0.2, 0) is 20.9 Å². The Morgan fingerprint density at radius 1 is 1.07 bits per heavy atom. The van der Waals surface area contributed by atoms with Gasteiger partial charge in [-0.1, -0.05) is 12.1 Å². The quantitative estimate of drug-likeness (QED) is 0.757. The molecule has 0 radical (unpaired) electrons. The summed E-state index contributed by atoms with van der Waals surface area (Å²) in [4.78, 5) is 24.1. The van der Waals surface area contributed by atoms with E-state index >= 15 is 0 Å². The first-order valence-electron chi connectivity index (χ1n) is 8.28. The third kappa shape index (κ3) is 6.12. The van der Waals surface area contributed by atoms with Gasteiger partial charge in [-0.05, 0) is 55.8 Å². The molecule has 2 atom stereocenters. The molecular weight excluding hydrogens is 351 g/mol. The van der Waals surface area contributed by atoms with Crippen molar-refractivity contribution in [1.29, 1.82) is 5.26 Å². The fourth-order valence-corrected chi connectivity index (χ4v) is 2.12. The van der Waals surface area contributed by atoms with Gasteiger partial charge in [0.2, 0.25) is 0 Å². The summed E-state index contributed by atoms with van der Waals surface area (Å²) in [5, 5.41) is 11.4. The normalized spacial score (nSPS) is 12.4. The topological polar surface area (TPSA) is 88.4 Å². The van der Waals surface area contributed by atoms with Crippen LogP contribution in [0.25, 0.3) is 0 Å². The van der Waals surface area contributed by atoms with Gasteiger partial charge in [0.15, 0.2) is 12.2 Å². The molecule has 1 N–H and O–H groups in total. The van der Waals surface area contributed by atoms with Gasteiger partial charge in [-0.2, -0.15) is 5.26 Å². The minimum Gasteiger partial charge on any atom is -0.479 e. The third-order valence-corrected chi connectivity index (χ3v) is 3.67. The van der Waals surface area contributed by atoms with Gasteiger partial charge in [0.1, 0.15) is 11.6 Å². The van der Waals surface area contributed by atoms with E-state index in [0.29, 0.717) is 11.3 Å². The van der Waals surface area contributed by atoms with Gasteiger partial charge in [-0.3, -0.25) is 4.79 Å². The van der Waals surface area contributed by atoms with Crippen LogP contribution in [0, 0.1) is 17.1 Å². The number of esters is 1. The van der Waals surface area contributed by atoms with Crippen LogP contribution in [0.4, 0.5) is 4.39 Å². The van der Waals surface area contributed by atoms with Crippen LogP contribution in [0.1, 0.15) is 25.0 Å². The molecule has 0 aliphatic carbocycles. The van der Waals surface area contributed by atoms with Gasteiger partial charge in [0.05, 0.1) is 11.6 Å². The lowest BCUT2D eigenvalue weighted by atomic mass is 10.2. The van der Waals surface area contributed by atoms with Gasteiger partial charge in [0, 0.05) is 6.54 Å². The van der Waals surface area contributed by atoms with E-state index in [9.17, 15) is 14.0 Å². The fraction of sp³-hybridized carbons (Fsp3) is 0.250. The van der Waals surface area contributed by atoms with E-state index in [2.05, 4.69) is 5.32 Å². The number of nitriles is 1. The Morgan fingerprint density at radius 3 is 2.30 bits per heavy atom. The number of rotatable bonds is 7. The number of ether oxygens (including phenoxy) is 2. The van der Waals surface area contributed by atoms with Crippen molar-refractivity contribution in [3.8, 4) is 11.8 Å². The second kappa shape index (κ2) is 9.34. The van der Waals surface area contributed by atoms with Crippen LogP contribution in [-0.4, -0.2) is 24.1 Å². The van der Waals surface area contributed by atoms with Gasteiger partial charge >= 0.3 is 5.97 Å². The molecule has 0 aromatic heterocycles. The number of amides is 1. The Kier molecular flexibility index (Phi) is 6.89. The van der Waals surface area contributed by atoms with Crippen molar-refractivity contribution in [1.82, 2.24) is 5.32 Å². The van der Waals surface area contributed by atoms with Crippen LogP contribution in [0.5, 0.6) is 5.75 Å². The molecular formula is C20H19FN2O4. The number of nitrogens with zero attached hydrogens (tertiary/aromatic N) is 1. The molecule has 7 heteroatoms. The van der Waals surface area contributed by atoms with Crippen LogP contribution >= 0.6 is 0 Å². The molecule has 27 heavy (non-hydrogen) atoms. The van der Waals surface area contributed by atoms with Gasteiger partial charge in [0.25, 0.3) is 5.91 Å². The molecule has 6 nitrogen and oxygen atoms in total. The number of halogens is 1. The lowest BCUT2D eigenvalue weighted by molar-refractivity contribution is -0.160.